The lowest BCUT2D eigenvalue weighted by Crippen LogP contribution is -2.48. The van der Waals surface area contributed by atoms with Crippen molar-refractivity contribution in [2.75, 3.05) is 33.7 Å². The summed E-state index contributed by atoms with van der Waals surface area (Å²) in [5.41, 5.74) is 4.35. The molecule has 1 aliphatic rings. The zero-order chi connectivity index (χ0) is 28.4. The van der Waals surface area contributed by atoms with Gasteiger partial charge in [0.2, 0.25) is 0 Å². The average Bonchev–Trinajstić information content (AvgIpc) is 3.26. The van der Waals surface area contributed by atoms with Gasteiger partial charge in [0.1, 0.15) is 11.9 Å². The number of hydrogen-bond acceptors (Lipinski definition) is 4. The van der Waals surface area contributed by atoms with Crippen LogP contribution < -0.4 is 10.1 Å². The lowest BCUT2D eigenvalue weighted by atomic mass is 10.0. The molecule has 1 amide bonds. The first-order valence-electron chi connectivity index (χ1n) is 14.3. The van der Waals surface area contributed by atoms with E-state index in [4.69, 9.17) is 16.3 Å². The lowest BCUT2D eigenvalue weighted by molar-refractivity contribution is 0.0918. The summed E-state index contributed by atoms with van der Waals surface area (Å²) in [5, 5.41) is 6.14. The number of fused-ring (bicyclic) bond motifs is 3. The third kappa shape index (κ3) is 5.99. The molecule has 0 saturated carbocycles. The van der Waals surface area contributed by atoms with E-state index in [1.54, 1.807) is 12.1 Å². The van der Waals surface area contributed by atoms with Gasteiger partial charge in [-0.25, -0.2) is 0 Å². The fourth-order valence-corrected chi connectivity index (χ4v) is 5.68. The van der Waals surface area contributed by atoms with Gasteiger partial charge in [-0.05, 0) is 89.7 Å². The molecule has 40 heavy (non-hydrogen) atoms. The van der Waals surface area contributed by atoms with Crippen LogP contribution >= 0.6 is 11.6 Å². The Labute approximate surface area is 242 Å². The highest BCUT2D eigenvalue weighted by atomic mass is 35.5. The Kier molecular flexibility index (Phi) is 8.41. The fraction of sp³-hybridized carbons (Fsp3) is 0.424. The molecule has 1 aliphatic heterocycles. The molecule has 7 heteroatoms. The highest BCUT2D eigenvalue weighted by Gasteiger charge is 2.24. The molecule has 0 atom stereocenters. The smallest absolute Gasteiger partial charge is 0.251 e. The number of rotatable bonds is 9. The second-order valence-electron chi connectivity index (χ2n) is 11.7. The number of amides is 1. The minimum Gasteiger partial charge on any atom is -0.489 e. The summed E-state index contributed by atoms with van der Waals surface area (Å²) in [5.74, 6) is 0.511. The van der Waals surface area contributed by atoms with Crippen molar-refractivity contribution >= 4 is 39.3 Å². The molecule has 0 unspecified atom stereocenters. The summed E-state index contributed by atoms with van der Waals surface area (Å²) in [7, 11) is 4.01. The van der Waals surface area contributed by atoms with Gasteiger partial charge in [0.05, 0.1) is 5.02 Å². The average molecular weight is 561 g/mol. The van der Waals surface area contributed by atoms with Gasteiger partial charge in [-0.15, -0.1) is 0 Å². The van der Waals surface area contributed by atoms with Crippen LogP contribution in [0.15, 0.2) is 60.7 Å². The second-order valence-corrected chi connectivity index (χ2v) is 12.1. The quantitative estimate of drug-likeness (QED) is 0.251. The predicted molar refractivity (Wildman–Crippen MR) is 166 cm³/mol. The molecule has 2 heterocycles. The molecule has 1 N–H and O–H groups in total. The number of nitrogens with zero attached hydrogens (tertiary/aromatic N) is 3. The highest BCUT2D eigenvalue weighted by molar-refractivity contribution is 6.32. The van der Waals surface area contributed by atoms with Gasteiger partial charge in [0.25, 0.3) is 5.91 Å². The lowest BCUT2D eigenvalue weighted by Gasteiger charge is -2.32. The summed E-state index contributed by atoms with van der Waals surface area (Å²) < 4.78 is 8.68. The van der Waals surface area contributed by atoms with E-state index in [1.165, 1.54) is 27.4 Å². The first kappa shape index (κ1) is 28.5. The van der Waals surface area contributed by atoms with Crippen LogP contribution in [0.25, 0.3) is 21.8 Å². The van der Waals surface area contributed by atoms with Crippen LogP contribution in [0, 0.1) is 0 Å². The molecular formula is C33H41ClN4O2. The molecule has 1 fully saturated rings. The largest absolute Gasteiger partial charge is 0.489 e. The minimum absolute atomic E-state index is 0.110. The van der Waals surface area contributed by atoms with Gasteiger partial charge in [-0.2, -0.15) is 0 Å². The highest BCUT2D eigenvalue weighted by Crippen LogP contribution is 2.31. The van der Waals surface area contributed by atoms with Crippen molar-refractivity contribution in [2.24, 2.45) is 0 Å². The number of ether oxygens (including phenoxy) is 1. The van der Waals surface area contributed by atoms with Crippen LogP contribution in [0.5, 0.6) is 5.75 Å². The van der Waals surface area contributed by atoms with Crippen LogP contribution in [-0.2, 0) is 13.1 Å². The molecule has 5 rings (SSSR count). The van der Waals surface area contributed by atoms with E-state index in [9.17, 15) is 4.79 Å². The molecule has 4 aromatic rings. The zero-order valence-corrected chi connectivity index (χ0v) is 25.1. The Bertz CT molecular complexity index is 1500. The maximum absolute atomic E-state index is 12.7. The monoisotopic (exact) mass is 560 g/mol. The summed E-state index contributed by atoms with van der Waals surface area (Å²) in [4.78, 5) is 17.3. The van der Waals surface area contributed by atoms with Crippen LogP contribution in [-0.4, -0.2) is 65.6 Å². The molecule has 1 aromatic heterocycles. The Hall–Kier alpha value is -3.06. The van der Waals surface area contributed by atoms with Gasteiger partial charge < -0.3 is 19.5 Å². The Morgan fingerprint density at radius 1 is 1.02 bits per heavy atom. The van der Waals surface area contributed by atoms with E-state index in [-0.39, 0.29) is 17.6 Å². The van der Waals surface area contributed by atoms with Crippen molar-refractivity contribution < 1.29 is 9.53 Å². The number of hydrogen-bond donors (Lipinski definition) is 1. The number of likely N-dealkylation sites (N-methyl/N-ethyl adjacent to an activating group) is 1. The predicted octanol–water partition coefficient (Wildman–Crippen LogP) is 6.58. The zero-order valence-electron chi connectivity index (χ0n) is 24.3. The van der Waals surface area contributed by atoms with Crippen molar-refractivity contribution in [1.29, 1.82) is 0 Å². The van der Waals surface area contributed by atoms with E-state index in [2.05, 4.69) is 82.9 Å². The molecule has 0 bridgehead atoms. The molecular weight excluding hydrogens is 520 g/mol. The number of aryl methyl sites for hydroxylation is 1. The fourth-order valence-electron chi connectivity index (χ4n) is 5.46. The van der Waals surface area contributed by atoms with Gasteiger partial charge in [0.15, 0.2) is 0 Å². The third-order valence-electron chi connectivity index (χ3n) is 8.47. The van der Waals surface area contributed by atoms with Crippen LogP contribution in [0.3, 0.4) is 0 Å². The van der Waals surface area contributed by atoms with Gasteiger partial charge in [-0.1, -0.05) is 35.9 Å². The van der Waals surface area contributed by atoms with E-state index in [1.807, 2.05) is 20.2 Å². The van der Waals surface area contributed by atoms with Crippen molar-refractivity contribution in [3.63, 3.8) is 0 Å². The maximum Gasteiger partial charge on any atom is 0.251 e. The standard InChI is InChI=1S/C33H41ClN4O2/c1-6-38-29-10-8-7-9-26(29)27-19-23(11-13-30(27)38)21-37-17-15-25(16-18-37)40-31-14-12-24(20-28(31)34)32(39)35-22-33(2,3)36(4)5/h7-14,19-20,25H,6,15-18,21-22H2,1-5H3,(H,35,39). The number of halogens is 1. The van der Waals surface area contributed by atoms with E-state index >= 15 is 0 Å². The van der Waals surface area contributed by atoms with Gasteiger partial charge in [0, 0.05) is 65.6 Å². The Balaban J connectivity index is 1.16. The number of carbonyl (C=O) groups excluding carboxylic acids is 1. The number of piperidine rings is 1. The summed E-state index contributed by atoms with van der Waals surface area (Å²) >= 11 is 6.55. The van der Waals surface area contributed by atoms with Crippen molar-refractivity contribution in [1.82, 2.24) is 19.7 Å². The van der Waals surface area contributed by atoms with Crippen molar-refractivity contribution in [3.8, 4) is 5.75 Å². The van der Waals surface area contributed by atoms with Crippen molar-refractivity contribution in [3.05, 3.63) is 76.8 Å². The molecule has 0 aliphatic carbocycles. The molecule has 0 spiro atoms. The first-order valence-corrected chi connectivity index (χ1v) is 14.7. The number of aromatic nitrogens is 1. The summed E-state index contributed by atoms with van der Waals surface area (Å²) in [6, 6.07) is 20.9. The van der Waals surface area contributed by atoms with Gasteiger partial charge >= 0.3 is 0 Å². The molecule has 6 nitrogen and oxygen atoms in total. The van der Waals surface area contributed by atoms with Gasteiger partial charge in [-0.3, -0.25) is 9.69 Å². The Morgan fingerprint density at radius 3 is 2.45 bits per heavy atom. The number of nitrogens with one attached hydrogen (secondary N) is 1. The van der Waals surface area contributed by atoms with E-state index in [0.717, 1.165) is 39.0 Å². The summed E-state index contributed by atoms with van der Waals surface area (Å²) in [6.07, 6.45) is 1.99. The van der Waals surface area contributed by atoms with Crippen LogP contribution in [0.1, 0.15) is 49.5 Å². The molecule has 3 aromatic carbocycles. The maximum atomic E-state index is 12.7. The molecule has 212 valence electrons. The van der Waals surface area contributed by atoms with E-state index in [0.29, 0.717) is 22.9 Å². The normalized spacial score (nSPS) is 15.3. The minimum atomic E-state index is -0.139. The first-order chi connectivity index (χ1) is 19.2. The number of benzene rings is 3. The van der Waals surface area contributed by atoms with Crippen LogP contribution in [0.2, 0.25) is 5.02 Å². The molecule has 1 saturated heterocycles. The number of likely N-dealkylation sites (tertiary alicyclic amines) is 1. The second kappa shape index (κ2) is 11.8. The number of carbonyl (C=O) groups is 1. The Morgan fingerprint density at radius 2 is 1.75 bits per heavy atom. The van der Waals surface area contributed by atoms with E-state index < -0.39 is 0 Å². The topological polar surface area (TPSA) is 49.7 Å². The number of para-hydroxylation sites is 1. The summed E-state index contributed by atoms with van der Waals surface area (Å²) in [6.45, 7) is 10.8. The van der Waals surface area contributed by atoms with Crippen LogP contribution in [0.4, 0.5) is 0 Å². The molecule has 0 radical (unpaired) electrons. The SMILES string of the molecule is CCn1c2ccccc2c2cc(CN3CCC(Oc4ccc(C(=O)NCC(C)(C)N(C)C)cc4Cl)CC3)ccc21. The third-order valence-corrected chi connectivity index (χ3v) is 8.77. The van der Waals surface area contributed by atoms with Crippen molar-refractivity contribution in [2.45, 2.75) is 58.3 Å².